The second-order valence-corrected chi connectivity index (χ2v) is 0.752. The molecule has 0 aromatic carbocycles. The van der Waals surface area contributed by atoms with Crippen molar-refractivity contribution in [2.24, 2.45) is 5.73 Å². The summed E-state index contributed by atoms with van der Waals surface area (Å²) in [7, 11) is 0. The van der Waals surface area contributed by atoms with Crippen LogP contribution in [0.1, 0.15) is 6.92 Å². The van der Waals surface area contributed by atoms with Crippen molar-refractivity contribution in [1.29, 1.82) is 0 Å². The van der Waals surface area contributed by atoms with E-state index in [0.29, 0.717) is 6.61 Å². The maximum Gasteiger partial charge on any atom is 0.404 e. The fourth-order valence-corrected chi connectivity index (χ4v) is 0.142. The van der Waals surface area contributed by atoms with Crippen LogP contribution in [0.2, 0.25) is 0 Å². The molecule has 8 heavy (non-hydrogen) atoms. The molecule has 0 saturated heterocycles. The fraction of sp³-hybridized carbons (Fsp3) is 0.667. The Kier molecular flexibility index (Phi) is 13.7. The van der Waals surface area contributed by atoms with E-state index in [2.05, 4.69) is 33.8 Å². The van der Waals surface area contributed by atoms with Crippen LogP contribution in [0.25, 0.3) is 0 Å². The lowest BCUT2D eigenvalue weighted by molar-refractivity contribution is 0.163. The van der Waals surface area contributed by atoms with E-state index in [9.17, 15) is 4.79 Å². The summed E-state index contributed by atoms with van der Waals surface area (Å²) >= 11 is 6.44. The molecule has 0 bridgehead atoms. The van der Waals surface area contributed by atoms with Crippen molar-refractivity contribution in [3.05, 3.63) is 0 Å². The summed E-state index contributed by atoms with van der Waals surface area (Å²) in [6.45, 7) is 2.06. The van der Waals surface area contributed by atoms with Crippen LogP contribution in [0.15, 0.2) is 0 Å². The predicted octanol–water partition coefficient (Wildman–Crippen LogP) is 0.863. The van der Waals surface area contributed by atoms with E-state index < -0.39 is 6.09 Å². The van der Waals surface area contributed by atoms with Gasteiger partial charge in [0, 0.05) is 0 Å². The molecule has 0 aliphatic rings. The highest BCUT2D eigenvalue weighted by atomic mass is 33.1. The van der Waals surface area contributed by atoms with Crippen LogP contribution in [0.5, 0.6) is 0 Å². The summed E-state index contributed by atoms with van der Waals surface area (Å²) in [6, 6.07) is 0. The highest BCUT2D eigenvalue weighted by Gasteiger charge is 1.82. The lowest BCUT2D eigenvalue weighted by Crippen LogP contribution is -2.11. The van der Waals surface area contributed by atoms with Crippen LogP contribution >= 0.6 is 23.3 Å². The molecular weight excluding hydrogens is 146 g/mol. The number of nitrogens with two attached hydrogens (primary N) is 1. The smallest absolute Gasteiger partial charge is 0.404 e. The van der Waals surface area contributed by atoms with Gasteiger partial charge in [-0.2, -0.15) is 0 Å². The monoisotopic (exact) mass is 155 g/mol. The van der Waals surface area contributed by atoms with Crippen molar-refractivity contribution in [3.63, 3.8) is 0 Å². The molecule has 0 rings (SSSR count). The van der Waals surface area contributed by atoms with Crippen molar-refractivity contribution in [2.75, 3.05) is 6.61 Å². The van der Waals surface area contributed by atoms with Gasteiger partial charge in [-0.1, -0.05) is 0 Å². The van der Waals surface area contributed by atoms with Crippen LogP contribution in [-0.4, -0.2) is 12.7 Å². The maximum absolute atomic E-state index is 9.60. The predicted molar refractivity (Wildman–Crippen MR) is 39.2 cm³/mol. The molecule has 0 radical (unpaired) electrons. The van der Waals surface area contributed by atoms with Crippen molar-refractivity contribution in [2.45, 2.75) is 6.92 Å². The number of hydrogen-bond acceptors (Lipinski definition) is 4. The SMILES string of the molecule is CCOC(N)=O.SS. The molecule has 50 valence electrons. The number of carbonyl (C=O) groups is 1. The Bertz CT molecular complexity index is 59.2. The zero-order chi connectivity index (χ0) is 6.99. The van der Waals surface area contributed by atoms with E-state index in [0.717, 1.165) is 0 Å². The van der Waals surface area contributed by atoms with Crippen molar-refractivity contribution >= 4 is 29.4 Å². The third-order valence-corrected chi connectivity index (χ3v) is 0.287. The summed E-state index contributed by atoms with van der Waals surface area (Å²) in [5, 5.41) is 0. The first kappa shape index (κ1) is 10.9. The van der Waals surface area contributed by atoms with Crippen LogP contribution in [0.3, 0.4) is 0 Å². The largest absolute Gasteiger partial charge is 0.450 e. The van der Waals surface area contributed by atoms with E-state index in [1.165, 1.54) is 0 Å². The lowest BCUT2D eigenvalue weighted by atomic mass is 10.9. The standard InChI is InChI=1S/C3H7NO2.H2S2/c1-2-6-3(4)5;1-2/h2H2,1H3,(H2,4,5);1-2H. The summed E-state index contributed by atoms with van der Waals surface area (Å²) in [6.07, 6.45) is -0.711. The molecule has 0 heterocycles. The van der Waals surface area contributed by atoms with Crippen molar-refractivity contribution in [1.82, 2.24) is 0 Å². The van der Waals surface area contributed by atoms with Gasteiger partial charge >= 0.3 is 6.09 Å². The first-order chi connectivity index (χ1) is 3.77. The second-order valence-electron chi connectivity index (χ2n) is 0.752. The second kappa shape index (κ2) is 10.1. The Labute approximate surface area is 58.8 Å². The minimum atomic E-state index is -0.711. The number of carbonyl (C=O) groups excluding carboxylic acids is 1. The normalized spacial score (nSPS) is 6.38. The van der Waals surface area contributed by atoms with Gasteiger partial charge in [-0.3, -0.25) is 0 Å². The molecule has 0 aliphatic heterocycles. The Morgan fingerprint density at radius 3 is 2.12 bits per heavy atom. The molecule has 0 aromatic heterocycles. The number of rotatable bonds is 1. The van der Waals surface area contributed by atoms with Gasteiger partial charge in [0.15, 0.2) is 0 Å². The van der Waals surface area contributed by atoms with Gasteiger partial charge in [0.1, 0.15) is 0 Å². The highest BCUT2D eigenvalue weighted by molar-refractivity contribution is 8.59. The van der Waals surface area contributed by atoms with E-state index in [1.807, 2.05) is 0 Å². The van der Waals surface area contributed by atoms with Gasteiger partial charge in [0.05, 0.1) is 6.61 Å². The van der Waals surface area contributed by atoms with Gasteiger partial charge in [-0.25, -0.2) is 4.79 Å². The third-order valence-electron chi connectivity index (χ3n) is 0.287. The number of primary amides is 1. The number of ether oxygens (including phenoxy) is 1. The molecule has 5 heteroatoms. The molecule has 3 nitrogen and oxygen atoms in total. The molecular formula is C3H9NO2S2. The Hall–Kier alpha value is -0.0300. The molecule has 0 unspecified atom stereocenters. The molecule has 0 spiro atoms. The first-order valence-corrected chi connectivity index (χ1v) is 3.49. The molecule has 0 aliphatic carbocycles. The van der Waals surface area contributed by atoms with E-state index in [4.69, 9.17) is 0 Å². The number of amides is 1. The fourth-order valence-electron chi connectivity index (χ4n) is 0.142. The molecule has 0 saturated carbocycles. The third kappa shape index (κ3) is 16.7. The minimum absolute atomic E-state index is 0.356. The number of thiol groups is 2. The van der Waals surface area contributed by atoms with Crippen molar-refractivity contribution in [3.8, 4) is 0 Å². The molecule has 0 aromatic rings. The van der Waals surface area contributed by atoms with Crippen LogP contribution in [0.4, 0.5) is 4.79 Å². The van der Waals surface area contributed by atoms with Gasteiger partial charge < -0.3 is 10.5 Å². The molecule has 0 atom stereocenters. The van der Waals surface area contributed by atoms with Crippen LogP contribution in [0, 0.1) is 0 Å². The van der Waals surface area contributed by atoms with E-state index in [-0.39, 0.29) is 0 Å². The lowest BCUT2D eigenvalue weighted by Gasteiger charge is -1.89. The Balaban J connectivity index is 0. The van der Waals surface area contributed by atoms with Gasteiger partial charge in [0.2, 0.25) is 0 Å². The maximum atomic E-state index is 9.60. The minimum Gasteiger partial charge on any atom is -0.450 e. The Morgan fingerprint density at radius 1 is 1.75 bits per heavy atom. The van der Waals surface area contributed by atoms with Gasteiger partial charge in [-0.15, -0.1) is 23.3 Å². The zero-order valence-corrected chi connectivity index (χ0v) is 6.28. The van der Waals surface area contributed by atoms with Gasteiger partial charge in [0.25, 0.3) is 0 Å². The average molecular weight is 155 g/mol. The van der Waals surface area contributed by atoms with Crippen molar-refractivity contribution < 1.29 is 9.53 Å². The van der Waals surface area contributed by atoms with Crippen LogP contribution in [-0.2, 0) is 4.74 Å². The summed E-state index contributed by atoms with van der Waals surface area (Å²) < 4.78 is 4.18. The number of hydrogen-bond donors (Lipinski definition) is 3. The highest BCUT2D eigenvalue weighted by Crippen LogP contribution is 1.66. The quantitative estimate of drug-likeness (QED) is 0.388. The Morgan fingerprint density at radius 2 is 2.12 bits per heavy atom. The van der Waals surface area contributed by atoms with Gasteiger partial charge in [-0.05, 0) is 6.92 Å². The first-order valence-electron chi connectivity index (χ1n) is 1.89. The summed E-state index contributed by atoms with van der Waals surface area (Å²) in [5.41, 5.74) is 4.54. The van der Waals surface area contributed by atoms with E-state index in [1.54, 1.807) is 6.92 Å². The summed E-state index contributed by atoms with van der Waals surface area (Å²) in [4.78, 5) is 9.60. The summed E-state index contributed by atoms with van der Waals surface area (Å²) in [5.74, 6) is 0. The average Bonchev–Trinajstić information content (AvgIpc) is 1.72. The van der Waals surface area contributed by atoms with E-state index >= 15 is 0 Å². The zero-order valence-electron chi connectivity index (χ0n) is 4.50. The molecule has 2 N–H and O–H groups in total. The molecule has 1 amide bonds. The molecule has 0 fully saturated rings. The van der Waals surface area contributed by atoms with Crippen LogP contribution < -0.4 is 5.73 Å². The topological polar surface area (TPSA) is 52.3 Å².